The monoisotopic (exact) mass is 337 g/mol. The summed E-state index contributed by atoms with van der Waals surface area (Å²) >= 11 is 0. The van der Waals surface area contributed by atoms with Crippen molar-refractivity contribution >= 4 is 5.96 Å². The third kappa shape index (κ3) is 6.51. The van der Waals surface area contributed by atoms with E-state index in [4.69, 9.17) is 4.52 Å². The molecule has 0 aliphatic heterocycles. The molecule has 0 unspecified atom stereocenters. The van der Waals surface area contributed by atoms with Crippen molar-refractivity contribution in [1.82, 2.24) is 20.7 Å². The molecule has 0 atom stereocenters. The predicted molar refractivity (Wildman–Crippen MR) is 100 cm³/mol. The molecule has 0 amide bonds. The van der Waals surface area contributed by atoms with Crippen LogP contribution in [0.2, 0.25) is 0 Å². The molecule has 138 valence electrons. The molecule has 1 aromatic heterocycles. The molecular formula is C18H35N5O. The van der Waals surface area contributed by atoms with Gasteiger partial charge >= 0.3 is 0 Å². The molecule has 0 fully saturated rings. The molecule has 24 heavy (non-hydrogen) atoms. The number of aromatic nitrogens is 1. The number of hydrogen-bond donors (Lipinski definition) is 2. The summed E-state index contributed by atoms with van der Waals surface area (Å²) in [7, 11) is 1.81. The second kappa shape index (κ2) is 11.9. The second-order valence-electron chi connectivity index (χ2n) is 5.82. The highest BCUT2D eigenvalue weighted by Gasteiger charge is 2.13. The van der Waals surface area contributed by atoms with E-state index in [1.54, 1.807) is 7.05 Å². The van der Waals surface area contributed by atoms with Gasteiger partial charge in [-0.1, -0.05) is 32.9 Å². The Balaban J connectivity index is 2.34. The maximum absolute atomic E-state index is 5.40. The van der Waals surface area contributed by atoms with Gasteiger partial charge in [0.05, 0.1) is 5.69 Å². The van der Waals surface area contributed by atoms with E-state index in [9.17, 15) is 0 Å². The zero-order valence-corrected chi connectivity index (χ0v) is 16.1. The number of aryl methyl sites for hydroxylation is 2. The smallest absolute Gasteiger partial charge is 0.191 e. The highest BCUT2D eigenvalue weighted by atomic mass is 16.5. The fourth-order valence-electron chi connectivity index (χ4n) is 2.74. The maximum atomic E-state index is 5.40. The fourth-order valence-corrected chi connectivity index (χ4v) is 2.74. The molecule has 6 heteroatoms. The lowest BCUT2D eigenvalue weighted by Crippen LogP contribution is -2.37. The molecule has 2 N–H and O–H groups in total. The van der Waals surface area contributed by atoms with Crippen LogP contribution in [0, 0.1) is 0 Å². The van der Waals surface area contributed by atoms with Gasteiger partial charge in [0.15, 0.2) is 5.96 Å². The third-order valence-corrected chi connectivity index (χ3v) is 4.35. The van der Waals surface area contributed by atoms with Gasteiger partial charge in [0.1, 0.15) is 5.76 Å². The van der Waals surface area contributed by atoms with Gasteiger partial charge in [0.25, 0.3) is 0 Å². The van der Waals surface area contributed by atoms with Gasteiger partial charge in [-0.2, -0.15) is 0 Å². The number of hydrogen-bond acceptors (Lipinski definition) is 4. The Morgan fingerprint density at radius 1 is 1.08 bits per heavy atom. The van der Waals surface area contributed by atoms with Gasteiger partial charge in [-0.05, 0) is 38.9 Å². The quantitative estimate of drug-likeness (QED) is 0.369. The van der Waals surface area contributed by atoms with Gasteiger partial charge in [0.2, 0.25) is 0 Å². The Morgan fingerprint density at radius 2 is 1.83 bits per heavy atom. The summed E-state index contributed by atoms with van der Waals surface area (Å²) in [5.41, 5.74) is 2.21. The summed E-state index contributed by atoms with van der Waals surface area (Å²) in [6.07, 6.45) is 4.10. The average molecular weight is 338 g/mol. The van der Waals surface area contributed by atoms with Crippen molar-refractivity contribution in [2.75, 3.05) is 33.2 Å². The Labute approximate surface area is 147 Å². The molecule has 0 radical (unpaired) electrons. The molecule has 0 bridgehead atoms. The molecule has 1 rings (SSSR count). The van der Waals surface area contributed by atoms with Crippen molar-refractivity contribution in [3.8, 4) is 0 Å². The largest absolute Gasteiger partial charge is 0.361 e. The summed E-state index contributed by atoms with van der Waals surface area (Å²) in [6, 6.07) is 0. The Kier molecular flexibility index (Phi) is 10.2. The van der Waals surface area contributed by atoms with Crippen LogP contribution in [-0.4, -0.2) is 49.2 Å². The average Bonchev–Trinajstić information content (AvgIpc) is 3.02. The van der Waals surface area contributed by atoms with Crippen LogP contribution < -0.4 is 10.6 Å². The number of guanidine groups is 1. The van der Waals surface area contributed by atoms with Crippen molar-refractivity contribution in [3.63, 3.8) is 0 Å². The minimum absolute atomic E-state index is 0.703. The highest BCUT2D eigenvalue weighted by molar-refractivity contribution is 5.79. The first-order chi connectivity index (χ1) is 11.7. The van der Waals surface area contributed by atoms with Crippen LogP contribution >= 0.6 is 0 Å². The summed E-state index contributed by atoms with van der Waals surface area (Å²) in [5.74, 6) is 1.80. The van der Waals surface area contributed by atoms with Crippen molar-refractivity contribution in [2.45, 2.75) is 59.9 Å². The minimum atomic E-state index is 0.703. The zero-order chi connectivity index (χ0) is 17.8. The van der Waals surface area contributed by atoms with Gasteiger partial charge < -0.3 is 20.1 Å². The molecule has 0 saturated heterocycles. The van der Waals surface area contributed by atoms with Crippen LogP contribution in [0.3, 0.4) is 0 Å². The first-order valence-corrected chi connectivity index (χ1v) is 9.33. The Hall–Kier alpha value is -1.56. The third-order valence-electron chi connectivity index (χ3n) is 4.35. The molecule has 0 aliphatic rings. The van der Waals surface area contributed by atoms with E-state index in [0.29, 0.717) is 6.54 Å². The number of unbranched alkanes of at least 4 members (excludes halogenated alkanes) is 1. The zero-order valence-electron chi connectivity index (χ0n) is 16.1. The molecule has 0 aromatic carbocycles. The molecule has 6 nitrogen and oxygen atoms in total. The van der Waals surface area contributed by atoms with E-state index >= 15 is 0 Å². The van der Waals surface area contributed by atoms with Crippen molar-refractivity contribution < 1.29 is 4.52 Å². The normalized spacial score (nSPS) is 12.0. The van der Waals surface area contributed by atoms with Crippen LogP contribution in [0.25, 0.3) is 0 Å². The predicted octanol–water partition coefficient (Wildman–Crippen LogP) is 2.59. The van der Waals surface area contributed by atoms with Crippen molar-refractivity contribution in [1.29, 1.82) is 0 Å². The van der Waals surface area contributed by atoms with Crippen LogP contribution in [0.1, 0.15) is 57.6 Å². The van der Waals surface area contributed by atoms with E-state index in [-0.39, 0.29) is 0 Å². The topological polar surface area (TPSA) is 65.7 Å². The fraction of sp³-hybridized carbons (Fsp3) is 0.778. The first kappa shape index (κ1) is 20.5. The summed E-state index contributed by atoms with van der Waals surface area (Å²) in [6.45, 7) is 13.7. The van der Waals surface area contributed by atoms with Crippen LogP contribution in [-0.2, 0) is 19.4 Å². The van der Waals surface area contributed by atoms with E-state index < -0.39 is 0 Å². The Bertz CT molecular complexity index is 458. The standard InChI is InChI=1S/C18H35N5O/c1-6-16-15(17(7-2)24-22-16)14-21-18(19-5)20-12-10-11-13-23(8-3)9-4/h6-14H2,1-5H3,(H2,19,20,21). The lowest BCUT2D eigenvalue weighted by molar-refractivity contribution is 0.297. The minimum Gasteiger partial charge on any atom is -0.361 e. The Morgan fingerprint density at radius 3 is 2.42 bits per heavy atom. The summed E-state index contributed by atoms with van der Waals surface area (Å²) in [4.78, 5) is 6.75. The van der Waals surface area contributed by atoms with E-state index in [1.165, 1.54) is 18.5 Å². The van der Waals surface area contributed by atoms with E-state index in [2.05, 4.69) is 53.4 Å². The maximum Gasteiger partial charge on any atom is 0.191 e. The molecule has 1 aromatic rings. The molecule has 0 spiro atoms. The van der Waals surface area contributed by atoms with Crippen molar-refractivity contribution in [3.05, 3.63) is 17.0 Å². The van der Waals surface area contributed by atoms with E-state index in [1.807, 2.05) is 0 Å². The first-order valence-electron chi connectivity index (χ1n) is 9.33. The highest BCUT2D eigenvalue weighted by Crippen LogP contribution is 2.15. The van der Waals surface area contributed by atoms with Gasteiger partial charge in [0, 0.05) is 32.1 Å². The SMILES string of the molecule is CCc1noc(CC)c1CNC(=NC)NCCCCN(CC)CC. The lowest BCUT2D eigenvalue weighted by Gasteiger charge is -2.18. The molecule has 0 aliphatic carbocycles. The number of nitrogens with zero attached hydrogens (tertiary/aromatic N) is 3. The molecular weight excluding hydrogens is 302 g/mol. The van der Waals surface area contributed by atoms with E-state index in [0.717, 1.165) is 56.3 Å². The van der Waals surface area contributed by atoms with Gasteiger partial charge in [-0.3, -0.25) is 4.99 Å². The second-order valence-corrected chi connectivity index (χ2v) is 5.82. The van der Waals surface area contributed by atoms with Crippen molar-refractivity contribution in [2.24, 2.45) is 4.99 Å². The number of rotatable bonds is 11. The number of aliphatic imine (C=N–C) groups is 1. The van der Waals surface area contributed by atoms with Crippen LogP contribution in [0.4, 0.5) is 0 Å². The molecule has 0 saturated carbocycles. The van der Waals surface area contributed by atoms with Gasteiger partial charge in [-0.15, -0.1) is 0 Å². The van der Waals surface area contributed by atoms with Crippen LogP contribution in [0.5, 0.6) is 0 Å². The summed E-state index contributed by atoms with van der Waals surface area (Å²) < 4.78 is 5.40. The van der Waals surface area contributed by atoms with Crippen LogP contribution in [0.15, 0.2) is 9.52 Å². The number of nitrogens with one attached hydrogen (secondary N) is 2. The molecule has 1 heterocycles. The van der Waals surface area contributed by atoms with Gasteiger partial charge in [-0.25, -0.2) is 0 Å². The lowest BCUT2D eigenvalue weighted by atomic mass is 10.1. The summed E-state index contributed by atoms with van der Waals surface area (Å²) in [5, 5.41) is 10.9.